The first-order valence-electron chi connectivity index (χ1n) is 6.40. The quantitative estimate of drug-likeness (QED) is 0.721. The van der Waals surface area contributed by atoms with Crippen molar-refractivity contribution in [3.8, 4) is 0 Å². The Kier molecular flexibility index (Phi) is 4.19. The number of nitrogens with zero attached hydrogens (tertiary/aromatic N) is 1. The first-order valence-corrected chi connectivity index (χ1v) is 6.40. The molecule has 90 valence electrons. The summed E-state index contributed by atoms with van der Waals surface area (Å²) in [5, 5.41) is 3.76. The molecule has 0 amide bonds. The maximum absolute atomic E-state index is 3.76. The second kappa shape index (κ2) is 4.84. The second-order valence-electron chi connectivity index (χ2n) is 5.76. The van der Waals surface area contributed by atoms with Gasteiger partial charge < -0.3 is 0 Å². The van der Waals surface area contributed by atoms with Gasteiger partial charge >= 0.3 is 0 Å². The lowest BCUT2D eigenvalue weighted by Gasteiger charge is -2.54. The van der Waals surface area contributed by atoms with E-state index in [1.807, 2.05) is 0 Å². The molecule has 0 spiro atoms. The number of piperidine rings is 1. The van der Waals surface area contributed by atoms with Crippen molar-refractivity contribution in [1.82, 2.24) is 10.2 Å². The summed E-state index contributed by atoms with van der Waals surface area (Å²) in [5.41, 5.74) is 0.536. The number of likely N-dealkylation sites (tertiary alicyclic amines) is 1. The highest BCUT2D eigenvalue weighted by atomic mass is 15.3. The van der Waals surface area contributed by atoms with Crippen LogP contribution in [0.3, 0.4) is 0 Å². The third-order valence-corrected chi connectivity index (χ3v) is 4.38. The number of hydrogen-bond acceptors (Lipinski definition) is 2. The minimum absolute atomic E-state index is 0.167. The third kappa shape index (κ3) is 2.54. The molecule has 1 aliphatic rings. The molecule has 0 aromatic rings. The van der Waals surface area contributed by atoms with Crippen LogP contribution >= 0.6 is 0 Å². The van der Waals surface area contributed by atoms with Crippen LogP contribution in [-0.4, -0.2) is 30.7 Å². The molecular weight excluding hydrogens is 184 g/mol. The molecule has 1 aliphatic heterocycles. The lowest BCUT2D eigenvalue weighted by molar-refractivity contribution is -0.0519. The zero-order valence-corrected chi connectivity index (χ0v) is 11.2. The van der Waals surface area contributed by atoms with Gasteiger partial charge in [-0.3, -0.25) is 10.2 Å². The van der Waals surface area contributed by atoms with Crippen molar-refractivity contribution >= 4 is 0 Å². The Labute approximate surface area is 95.4 Å². The van der Waals surface area contributed by atoms with E-state index in [1.54, 1.807) is 0 Å². The molecule has 1 rings (SSSR count). The average molecular weight is 212 g/mol. The fourth-order valence-electron chi connectivity index (χ4n) is 2.62. The van der Waals surface area contributed by atoms with Gasteiger partial charge in [-0.25, -0.2) is 0 Å². The van der Waals surface area contributed by atoms with Gasteiger partial charge in [-0.1, -0.05) is 27.2 Å². The Morgan fingerprint density at radius 2 is 1.93 bits per heavy atom. The average Bonchev–Trinajstić information content (AvgIpc) is 2.15. The summed E-state index contributed by atoms with van der Waals surface area (Å²) in [5.74, 6) is 0. The van der Waals surface area contributed by atoms with Crippen LogP contribution < -0.4 is 5.32 Å². The van der Waals surface area contributed by atoms with Gasteiger partial charge in [0.15, 0.2) is 0 Å². The minimum Gasteiger partial charge on any atom is -0.299 e. The van der Waals surface area contributed by atoms with E-state index in [-0.39, 0.29) is 5.66 Å². The Morgan fingerprint density at radius 3 is 2.47 bits per heavy atom. The fraction of sp³-hybridized carbons (Fsp3) is 1.00. The minimum atomic E-state index is 0.167. The fourth-order valence-corrected chi connectivity index (χ4v) is 2.62. The van der Waals surface area contributed by atoms with Crippen LogP contribution in [0, 0.1) is 5.41 Å². The number of unbranched alkanes of at least 4 members (excludes halogenated alkanes) is 1. The summed E-state index contributed by atoms with van der Waals surface area (Å²) in [6.07, 6.45) is 5.20. The molecule has 1 atom stereocenters. The summed E-state index contributed by atoms with van der Waals surface area (Å²) >= 11 is 0. The van der Waals surface area contributed by atoms with Gasteiger partial charge in [0.25, 0.3) is 0 Å². The summed E-state index contributed by atoms with van der Waals surface area (Å²) in [6.45, 7) is 11.8. The molecule has 0 bridgehead atoms. The topological polar surface area (TPSA) is 15.3 Å². The van der Waals surface area contributed by atoms with Crippen LogP contribution in [0.2, 0.25) is 0 Å². The van der Waals surface area contributed by atoms with Crippen LogP contribution in [0.15, 0.2) is 0 Å². The molecule has 1 unspecified atom stereocenters. The van der Waals surface area contributed by atoms with Gasteiger partial charge in [-0.05, 0) is 51.7 Å². The summed E-state index contributed by atoms with van der Waals surface area (Å²) < 4.78 is 0. The highest BCUT2D eigenvalue weighted by molar-refractivity contribution is 4.98. The molecule has 0 aliphatic carbocycles. The second-order valence-corrected chi connectivity index (χ2v) is 5.76. The smallest absolute Gasteiger partial charge is 0.0733 e. The summed E-state index contributed by atoms with van der Waals surface area (Å²) in [4.78, 5) is 2.49. The predicted molar refractivity (Wildman–Crippen MR) is 67.0 cm³/mol. The van der Waals surface area contributed by atoms with Crippen molar-refractivity contribution in [2.24, 2.45) is 5.41 Å². The van der Waals surface area contributed by atoms with E-state index in [1.165, 1.54) is 32.2 Å². The van der Waals surface area contributed by atoms with Crippen molar-refractivity contribution in [1.29, 1.82) is 0 Å². The molecule has 1 fully saturated rings. The van der Waals surface area contributed by atoms with Gasteiger partial charge in [-0.2, -0.15) is 0 Å². The van der Waals surface area contributed by atoms with E-state index < -0.39 is 0 Å². The molecule has 0 saturated carbocycles. The molecule has 0 radical (unpaired) electrons. The van der Waals surface area contributed by atoms with Crippen LogP contribution in [0.25, 0.3) is 0 Å². The van der Waals surface area contributed by atoms with E-state index in [4.69, 9.17) is 0 Å². The molecule has 1 saturated heterocycles. The zero-order valence-electron chi connectivity index (χ0n) is 11.2. The first kappa shape index (κ1) is 13.0. The zero-order chi connectivity index (χ0) is 11.5. The normalized spacial score (nSPS) is 31.8. The van der Waals surface area contributed by atoms with Crippen molar-refractivity contribution in [2.75, 3.05) is 20.1 Å². The number of hydrogen-bond donors (Lipinski definition) is 1. The van der Waals surface area contributed by atoms with Gasteiger partial charge in [0.05, 0.1) is 5.66 Å². The first-order chi connectivity index (χ1) is 6.94. The van der Waals surface area contributed by atoms with Crippen molar-refractivity contribution < 1.29 is 0 Å². The molecule has 0 aromatic carbocycles. The summed E-state index contributed by atoms with van der Waals surface area (Å²) in [7, 11) is 2.25. The monoisotopic (exact) mass is 212 g/mol. The van der Waals surface area contributed by atoms with Gasteiger partial charge in [0.2, 0.25) is 0 Å². The highest BCUT2D eigenvalue weighted by Crippen LogP contribution is 2.40. The largest absolute Gasteiger partial charge is 0.299 e. The van der Waals surface area contributed by atoms with Crippen LogP contribution in [0.5, 0.6) is 0 Å². The van der Waals surface area contributed by atoms with Gasteiger partial charge in [0, 0.05) is 0 Å². The summed E-state index contributed by atoms with van der Waals surface area (Å²) in [6, 6.07) is 0. The highest BCUT2D eigenvalue weighted by Gasteiger charge is 2.45. The molecule has 1 N–H and O–H groups in total. The van der Waals surface area contributed by atoms with Crippen molar-refractivity contribution in [2.45, 2.75) is 59.0 Å². The Bertz CT molecular complexity index is 201. The predicted octanol–water partition coefficient (Wildman–Crippen LogP) is 2.84. The van der Waals surface area contributed by atoms with Crippen LogP contribution in [-0.2, 0) is 0 Å². The van der Waals surface area contributed by atoms with E-state index in [0.29, 0.717) is 5.41 Å². The Morgan fingerprint density at radius 1 is 1.27 bits per heavy atom. The maximum atomic E-state index is 3.76. The molecular formula is C13H28N2. The maximum Gasteiger partial charge on any atom is 0.0733 e. The molecule has 1 heterocycles. The molecule has 2 nitrogen and oxygen atoms in total. The molecule has 0 aromatic heterocycles. The van der Waals surface area contributed by atoms with E-state index in [0.717, 1.165) is 6.54 Å². The van der Waals surface area contributed by atoms with E-state index in [2.05, 4.69) is 45.0 Å². The van der Waals surface area contributed by atoms with Crippen molar-refractivity contribution in [3.63, 3.8) is 0 Å². The molecule has 15 heavy (non-hydrogen) atoms. The van der Waals surface area contributed by atoms with Crippen LogP contribution in [0.1, 0.15) is 53.4 Å². The third-order valence-electron chi connectivity index (χ3n) is 4.38. The lowest BCUT2D eigenvalue weighted by Crippen LogP contribution is -2.66. The lowest BCUT2D eigenvalue weighted by atomic mass is 9.72. The van der Waals surface area contributed by atoms with Crippen LogP contribution in [0.4, 0.5) is 0 Å². The van der Waals surface area contributed by atoms with E-state index >= 15 is 0 Å². The van der Waals surface area contributed by atoms with Gasteiger partial charge in [0.1, 0.15) is 0 Å². The van der Waals surface area contributed by atoms with E-state index in [9.17, 15) is 0 Å². The van der Waals surface area contributed by atoms with Gasteiger partial charge in [-0.15, -0.1) is 0 Å². The molecule has 2 heteroatoms. The SMILES string of the molecule is CCCCNC1(C)N(C)CCCC1(C)C. The van der Waals surface area contributed by atoms with Crippen molar-refractivity contribution in [3.05, 3.63) is 0 Å². The Balaban J connectivity index is 2.66. The Hall–Kier alpha value is -0.0800. The number of nitrogens with one attached hydrogen (secondary N) is 1. The standard InChI is InChI=1S/C13H28N2/c1-6-7-10-14-13(4)12(2,3)9-8-11-15(13)5/h14H,6-11H2,1-5H3. The number of rotatable bonds is 4.